The Morgan fingerprint density at radius 2 is 1.63 bits per heavy atom. The first kappa shape index (κ1) is 25.0. The molecule has 0 spiro atoms. The Bertz CT molecular complexity index is 426. The van der Waals surface area contributed by atoms with Crippen molar-refractivity contribution in [3.8, 4) is 0 Å². The molecular weight excluding hydrogens is 449 g/mol. The second kappa shape index (κ2) is 12.5. The van der Waals surface area contributed by atoms with E-state index < -0.39 is 0 Å². The van der Waals surface area contributed by atoms with E-state index in [0.29, 0.717) is 11.6 Å². The molecule has 0 radical (unpaired) electrons. The van der Waals surface area contributed by atoms with Crippen LogP contribution in [-0.4, -0.2) is 74.2 Å². The SMILES string of the molecule is CN=C(NCC1(N2CCCCC2)CCN(C)CC1)NC(C)CCC(C)C.I. The van der Waals surface area contributed by atoms with Crippen molar-refractivity contribution in [2.45, 2.75) is 77.3 Å². The minimum Gasteiger partial charge on any atom is -0.355 e. The summed E-state index contributed by atoms with van der Waals surface area (Å²) in [7, 11) is 4.15. The van der Waals surface area contributed by atoms with Crippen LogP contribution in [0.1, 0.15) is 65.7 Å². The van der Waals surface area contributed by atoms with Gasteiger partial charge in [-0.3, -0.25) is 9.89 Å². The van der Waals surface area contributed by atoms with Crippen LogP contribution in [0.25, 0.3) is 0 Å². The lowest BCUT2D eigenvalue weighted by molar-refractivity contribution is 0.0173. The molecule has 2 aliphatic rings. The van der Waals surface area contributed by atoms with Crippen molar-refractivity contribution < 1.29 is 0 Å². The molecule has 2 fully saturated rings. The van der Waals surface area contributed by atoms with E-state index in [1.54, 1.807) is 0 Å². The summed E-state index contributed by atoms with van der Waals surface area (Å²) in [6.45, 7) is 12.8. The third kappa shape index (κ3) is 8.05. The van der Waals surface area contributed by atoms with Gasteiger partial charge in [-0.2, -0.15) is 0 Å². The van der Waals surface area contributed by atoms with Crippen LogP contribution in [0.4, 0.5) is 0 Å². The zero-order valence-electron chi connectivity index (χ0n) is 18.4. The number of guanidine groups is 1. The Morgan fingerprint density at radius 1 is 1.00 bits per heavy atom. The molecule has 2 N–H and O–H groups in total. The van der Waals surface area contributed by atoms with Crippen LogP contribution in [-0.2, 0) is 0 Å². The summed E-state index contributed by atoms with van der Waals surface area (Å²) in [5, 5.41) is 7.29. The quantitative estimate of drug-likeness (QED) is 0.324. The van der Waals surface area contributed by atoms with Crippen LogP contribution in [0.2, 0.25) is 0 Å². The second-order valence-corrected chi connectivity index (χ2v) is 9.02. The monoisotopic (exact) mass is 493 g/mol. The highest BCUT2D eigenvalue weighted by Crippen LogP contribution is 2.30. The van der Waals surface area contributed by atoms with Gasteiger partial charge < -0.3 is 15.5 Å². The molecule has 1 atom stereocenters. The fraction of sp³-hybridized carbons (Fsp3) is 0.952. The maximum atomic E-state index is 4.50. The van der Waals surface area contributed by atoms with Crippen LogP contribution < -0.4 is 10.6 Å². The number of likely N-dealkylation sites (tertiary alicyclic amines) is 2. The first-order valence-corrected chi connectivity index (χ1v) is 10.9. The van der Waals surface area contributed by atoms with Crippen molar-refractivity contribution in [2.24, 2.45) is 10.9 Å². The molecule has 0 aromatic carbocycles. The minimum atomic E-state index is 0. The summed E-state index contributed by atoms with van der Waals surface area (Å²) in [6.07, 6.45) is 9.09. The van der Waals surface area contributed by atoms with Crippen LogP contribution in [0.15, 0.2) is 4.99 Å². The minimum absolute atomic E-state index is 0. The largest absolute Gasteiger partial charge is 0.355 e. The highest BCUT2D eigenvalue weighted by Gasteiger charge is 2.39. The highest BCUT2D eigenvalue weighted by atomic mass is 127. The van der Waals surface area contributed by atoms with Gasteiger partial charge in [0.25, 0.3) is 0 Å². The lowest BCUT2D eigenvalue weighted by Crippen LogP contribution is -2.62. The maximum Gasteiger partial charge on any atom is 0.191 e. The zero-order chi connectivity index (χ0) is 19.0. The Hall–Kier alpha value is -0.0800. The van der Waals surface area contributed by atoms with Crippen molar-refractivity contribution in [3.05, 3.63) is 0 Å². The maximum absolute atomic E-state index is 4.50. The highest BCUT2D eigenvalue weighted by molar-refractivity contribution is 14.0. The standard InChI is InChI=1S/C21H43N5.HI/c1-18(2)9-10-19(3)24-20(22-4)23-17-21(11-15-25(5)16-12-21)26-13-7-6-8-14-26;/h18-19H,6-17H2,1-5H3,(H2,22,23,24);1H. The van der Waals surface area contributed by atoms with Gasteiger partial charge in [-0.1, -0.05) is 20.3 Å². The zero-order valence-corrected chi connectivity index (χ0v) is 20.7. The third-order valence-corrected chi connectivity index (χ3v) is 6.31. The molecular formula is C21H44IN5. The average molecular weight is 494 g/mol. The molecule has 6 heteroatoms. The van der Waals surface area contributed by atoms with E-state index in [4.69, 9.17) is 0 Å². The Morgan fingerprint density at radius 3 is 2.19 bits per heavy atom. The molecule has 2 aliphatic heterocycles. The van der Waals surface area contributed by atoms with E-state index >= 15 is 0 Å². The first-order valence-electron chi connectivity index (χ1n) is 10.9. The van der Waals surface area contributed by atoms with E-state index in [0.717, 1.165) is 18.4 Å². The van der Waals surface area contributed by atoms with Crippen molar-refractivity contribution in [1.29, 1.82) is 0 Å². The van der Waals surface area contributed by atoms with Crippen molar-refractivity contribution >= 4 is 29.9 Å². The summed E-state index contributed by atoms with van der Waals surface area (Å²) < 4.78 is 0. The summed E-state index contributed by atoms with van der Waals surface area (Å²) in [6, 6.07) is 0.465. The number of nitrogens with one attached hydrogen (secondary N) is 2. The molecule has 27 heavy (non-hydrogen) atoms. The number of aliphatic imine (C=N–C) groups is 1. The van der Waals surface area contributed by atoms with Gasteiger partial charge in [-0.15, -0.1) is 24.0 Å². The first-order chi connectivity index (χ1) is 12.4. The van der Waals surface area contributed by atoms with E-state index in [1.165, 1.54) is 71.1 Å². The van der Waals surface area contributed by atoms with Crippen molar-refractivity contribution in [3.63, 3.8) is 0 Å². The summed E-state index contributed by atoms with van der Waals surface area (Å²) >= 11 is 0. The topological polar surface area (TPSA) is 42.9 Å². The molecule has 0 aliphatic carbocycles. The fourth-order valence-electron chi connectivity index (χ4n) is 4.34. The summed E-state index contributed by atoms with van der Waals surface area (Å²) in [5.41, 5.74) is 0.297. The lowest BCUT2D eigenvalue weighted by Gasteiger charge is -2.50. The van der Waals surface area contributed by atoms with Gasteiger partial charge in [0.05, 0.1) is 0 Å². The van der Waals surface area contributed by atoms with Crippen molar-refractivity contribution in [2.75, 3.05) is 46.8 Å². The van der Waals surface area contributed by atoms with Crippen molar-refractivity contribution in [1.82, 2.24) is 20.4 Å². The second-order valence-electron chi connectivity index (χ2n) is 9.02. The smallest absolute Gasteiger partial charge is 0.191 e. The molecule has 2 rings (SSSR count). The average Bonchev–Trinajstić information content (AvgIpc) is 2.65. The number of hydrogen-bond donors (Lipinski definition) is 2. The number of hydrogen-bond acceptors (Lipinski definition) is 3. The number of nitrogens with zero attached hydrogens (tertiary/aromatic N) is 3. The van der Waals surface area contributed by atoms with Crippen LogP contribution >= 0.6 is 24.0 Å². The van der Waals surface area contributed by atoms with Gasteiger partial charge in [0.2, 0.25) is 0 Å². The van der Waals surface area contributed by atoms with E-state index in [1.807, 2.05) is 7.05 Å². The van der Waals surface area contributed by atoms with Gasteiger partial charge in [0.1, 0.15) is 0 Å². The fourth-order valence-corrected chi connectivity index (χ4v) is 4.34. The van der Waals surface area contributed by atoms with Gasteiger partial charge >= 0.3 is 0 Å². The van der Waals surface area contributed by atoms with Gasteiger partial charge in [0.15, 0.2) is 5.96 Å². The van der Waals surface area contributed by atoms with E-state index in [2.05, 4.69) is 53.2 Å². The Balaban J connectivity index is 0.00000364. The molecule has 0 bridgehead atoms. The normalized spacial score (nSPS) is 23.0. The Kier molecular flexibility index (Phi) is 11.5. The van der Waals surface area contributed by atoms with Gasteiger partial charge in [-0.25, -0.2) is 0 Å². The molecule has 2 saturated heterocycles. The third-order valence-electron chi connectivity index (χ3n) is 6.31. The number of halogens is 1. The molecule has 0 amide bonds. The lowest BCUT2D eigenvalue weighted by atomic mass is 9.84. The molecule has 160 valence electrons. The molecule has 1 unspecified atom stereocenters. The Labute approximate surface area is 185 Å². The molecule has 2 heterocycles. The van der Waals surface area contributed by atoms with E-state index in [-0.39, 0.29) is 24.0 Å². The predicted molar refractivity (Wildman–Crippen MR) is 128 cm³/mol. The van der Waals surface area contributed by atoms with Gasteiger partial charge in [0, 0.05) is 25.2 Å². The molecule has 5 nitrogen and oxygen atoms in total. The molecule has 0 aromatic rings. The van der Waals surface area contributed by atoms with Crippen LogP contribution in [0, 0.1) is 5.92 Å². The van der Waals surface area contributed by atoms with Crippen LogP contribution in [0.3, 0.4) is 0 Å². The predicted octanol–water partition coefficient (Wildman–Crippen LogP) is 3.54. The summed E-state index contributed by atoms with van der Waals surface area (Å²) in [5.74, 6) is 1.73. The van der Waals surface area contributed by atoms with Crippen LogP contribution in [0.5, 0.6) is 0 Å². The number of rotatable bonds is 7. The molecule has 0 aromatic heterocycles. The van der Waals surface area contributed by atoms with Gasteiger partial charge in [-0.05, 0) is 84.6 Å². The summed E-state index contributed by atoms with van der Waals surface area (Å²) in [4.78, 5) is 9.76. The number of piperidine rings is 2. The van der Waals surface area contributed by atoms with E-state index in [9.17, 15) is 0 Å². The molecule has 0 saturated carbocycles.